The quantitative estimate of drug-likeness (QED) is 0.772. The number of hydrogen-bond acceptors (Lipinski definition) is 4. The van der Waals surface area contributed by atoms with Crippen LogP contribution >= 0.6 is 11.6 Å². The van der Waals surface area contributed by atoms with Gasteiger partial charge in [0.25, 0.3) is 5.91 Å². The largest absolute Gasteiger partial charge is 0.433 e. The molecule has 0 unspecified atom stereocenters. The Morgan fingerprint density at radius 1 is 1.19 bits per heavy atom. The highest BCUT2D eigenvalue weighted by atomic mass is 35.5. The Labute approximate surface area is 154 Å². The highest BCUT2D eigenvalue weighted by Gasteiger charge is 2.17. The lowest BCUT2D eigenvalue weighted by Crippen LogP contribution is -2.20. The first-order valence-corrected chi connectivity index (χ1v) is 9.10. The van der Waals surface area contributed by atoms with E-state index in [4.69, 9.17) is 11.6 Å². The Morgan fingerprint density at radius 3 is 2.46 bits per heavy atom. The molecule has 0 aliphatic carbocycles. The normalized spacial score (nSPS) is 11.5. The van der Waals surface area contributed by atoms with E-state index in [1.165, 1.54) is 43.4 Å². The van der Waals surface area contributed by atoms with Crippen LogP contribution in [-0.4, -0.2) is 28.0 Å². The van der Waals surface area contributed by atoms with Crippen molar-refractivity contribution in [1.29, 1.82) is 0 Å². The molecule has 2 aromatic carbocycles. The summed E-state index contributed by atoms with van der Waals surface area (Å²) in [4.78, 5) is 12.4. The molecule has 140 valence electrons. The van der Waals surface area contributed by atoms with Crippen LogP contribution in [0.3, 0.4) is 0 Å². The van der Waals surface area contributed by atoms with Crippen molar-refractivity contribution in [2.24, 2.45) is 0 Å². The first-order chi connectivity index (χ1) is 12.1. The number of anilines is 1. The van der Waals surface area contributed by atoms with Gasteiger partial charge in [-0.15, -0.1) is 0 Å². The van der Waals surface area contributed by atoms with E-state index in [9.17, 15) is 22.0 Å². The number of alkyl halides is 2. The highest BCUT2D eigenvalue weighted by Crippen LogP contribution is 2.29. The minimum atomic E-state index is -3.71. The Balaban J connectivity index is 2.28. The van der Waals surface area contributed by atoms with Gasteiger partial charge in [0.2, 0.25) is 10.0 Å². The van der Waals surface area contributed by atoms with E-state index in [1.807, 2.05) is 0 Å². The molecule has 10 heteroatoms. The highest BCUT2D eigenvalue weighted by molar-refractivity contribution is 7.89. The maximum Gasteiger partial charge on any atom is 0.387 e. The van der Waals surface area contributed by atoms with Crippen LogP contribution in [-0.2, 0) is 10.0 Å². The van der Waals surface area contributed by atoms with Crippen molar-refractivity contribution in [2.75, 3.05) is 12.4 Å². The standard InChI is InChI=1S/C16H15ClF2N2O4S/c1-9-3-5-11(26(23,24)20-2)8-12(9)15(22)21-10-4-6-14(13(17)7-10)25-16(18)19/h3-8,16,20H,1-2H3,(H,21,22). The van der Waals surface area contributed by atoms with E-state index in [1.54, 1.807) is 6.92 Å². The average molecular weight is 405 g/mol. The van der Waals surface area contributed by atoms with Crippen molar-refractivity contribution >= 4 is 33.2 Å². The molecule has 26 heavy (non-hydrogen) atoms. The summed E-state index contributed by atoms with van der Waals surface area (Å²) in [6, 6.07) is 7.91. The summed E-state index contributed by atoms with van der Waals surface area (Å²) in [6.07, 6.45) is 0. The zero-order valence-corrected chi connectivity index (χ0v) is 15.3. The third-order valence-electron chi connectivity index (χ3n) is 3.44. The van der Waals surface area contributed by atoms with Gasteiger partial charge in [0.15, 0.2) is 0 Å². The molecule has 0 radical (unpaired) electrons. The summed E-state index contributed by atoms with van der Waals surface area (Å²) in [6.45, 7) is -1.37. The van der Waals surface area contributed by atoms with Crippen LogP contribution in [0.4, 0.5) is 14.5 Å². The average Bonchev–Trinajstić information content (AvgIpc) is 2.57. The minimum Gasteiger partial charge on any atom is -0.433 e. The van der Waals surface area contributed by atoms with Gasteiger partial charge in [0, 0.05) is 11.3 Å². The number of hydrogen-bond donors (Lipinski definition) is 2. The Bertz CT molecular complexity index is 936. The van der Waals surface area contributed by atoms with Crippen LogP contribution in [0.5, 0.6) is 5.75 Å². The van der Waals surface area contributed by atoms with E-state index < -0.39 is 22.5 Å². The second-order valence-electron chi connectivity index (χ2n) is 5.16. The maximum absolute atomic E-state index is 12.5. The lowest BCUT2D eigenvalue weighted by atomic mass is 10.1. The Kier molecular flexibility index (Phi) is 6.17. The summed E-state index contributed by atoms with van der Waals surface area (Å²) in [5, 5.41) is 2.43. The molecule has 0 aliphatic heterocycles. The van der Waals surface area contributed by atoms with Crippen LogP contribution in [0.15, 0.2) is 41.3 Å². The second-order valence-corrected chi connectivity index (χ2v) is 7.46. The molecule has 0 heterocycles. The van der Waals surface area contributed by atoms with Crippen LogP contribution in [0, 0.1) is 6.92 Å². The molecule has 2 N–H and O–H groups in total. The number of aryl methyl sites for hydroxylation is 1. The fourth-order valence-corrected chi connectivity index (χ4v) is 3.08. The van der Waals surface area contributed by atoms with Gasteiger partial charge in [-0.25, -0.2) is 13.1 Å². The van der Waals surface area contributed by atoms with Crippen LogP contribution in [0.25, 0.3) is 0 Å². The lowest BCUT2D eigenvalue weighted by molar-refractivity contribution is -0.0497. The molecule has 0 atom stereocenters. The molecule has 6 nitrogen and oxygen atoms in total. The molecule has 0 saturated heterocycles. The molecular weight excluding hydrogens is 390 g/mol. The van der Waals surface area contributed by atoms with E-state index in [-0.39, 0.29) is 26.9 Å². The topological polar surface area (TPSA) is 84.5 Å². The Hall–Kier alpha value is -2.23. The van der Waals surface area contributed by atoms with Gasteiger partial charge in [-0.2, -0.15) is 8.78 Å². The lowest BCUT2D eigenvalue weighted by Gasteiger charge is -2.12. The van der Waals surface area contributed by atoms with Crippen molar-refractivity contribution in [1.82, 2.24) is 4.72 Å². The molecule has 0 aromatic heterocycles. The predicted molar refractivity (Wildman–Crippen MR) is 93.5 cm³/mol. The summed E-state index contributed by atoms with van der Waals surface area (Å²) < 4.78 is 54.6. The first-order valence-electron chi connectivity index (χ1n) is 7.24. The molecule has 2 rings (SSSR count). The number of halogens is 3. The van der Waals surface area contributed by atoms with E-state index in [0.717, 1.165) is 0 Å². The number of rotatable bonds is 6. The first kappa shape index (κ1) is 20.1. The fourth-order valence-electron chi connectivity index (χ4n) is 2.10. The van der Waals surface area contributed by atoms with Crippen molar-refractivity contribution in [3.63, 3.8) is 0 Å². The minimum absolute atomic E-state index is 0.0607. The third-order valence-corrected chi connectivity index (χ3v) is 5.15. The van der Waals surface area contributed by atoms with Crippen molar-refractivity contribution in [3.8, 4) is 5.75 Å². The summed E-state index contributed by atoms with van der Waals surface area (Å²) in [5.74, 6) is -0.799. The van der Waals surface area contributed by atoms with Gasteiger partial charge in [0.1, 0.15) is 5.75 Å². The van der Waals surface area contributed by atoms with Gasteiger partial charge in [0.05, 0.1) is 9.92 Å². The molecule has 1 amide bonds. The zero-order valence-electron chi connectivity index (χ0n) is 13.7. The van der Waals surface area contributed by atoms with Crippen LogP contribution in [0.1, 0.15) is 15.9 Å². The second kappa shape index (κ2) is 7.98. The number of carbonyl (C=O) groups excluding carboxylic acids is 1. The Morgan fingerprint density at radius 2 is 1.88 bits per heavy atom. The molecule has 0 bridgehead atoms. The van der Waals surface area contributed by atoms with E-state index in [0.29, 0.717) is 5.56 Å². The van der Waals surface area contributed by atoms with Crippen LogP contribution < -0.4 is 14.8 Å². The van der Waals surface area contributed by atoms with Crippen molar-refractivity contribution in [2.45, 2.75) is 18.4 Å². The summed E-state index contributed by atoms with van der Waals surface area (Å²) >= 11 is 5.84. The molecule has 0 fully saturated rings. The molecular formula is C16H15ClF2N2O4S. The van der Waals surface area contributed by atoms with Gasteiger partial charge < -0.3 is 10.1 Å². The third kappa shape index (κ3) is 4.69. The van der Waals surface area contributed by atoms with E-state index >= 15 is 0 Å². The summed E-state index contributed by atoms with van der Waals surface area (Å²) in [5.41, 5.74) is 0.939. The van der Waals surface area contributed by atoms with Gasteiger partial charge in [-0.3, -0.25) is 4.79 Å². The van der Waals surface area contributed by atoms with E-state index in [2.05, 4.69) is 14.8 Å². The molecule has 2 aromatic rings. The molecule has 0 spiro atoms. The monoisotopic (exact) mass is 404 g/mol. The number of ether oxygens (including phenoxy) is 1. The number of carbonyl (C=O) groups is 1. The van der Waals surface area contributed by atoms with Gasteiger partial charge in [-0.05, 0) is 49.9 Å². The molecule has 0 aliphatic rings. The number of sulfonamides is 1. The SMILES string of the molecule is CNS(=O)(=O)c1ccc(C)c(C(=O)Nc2ccc(OC(F)F)c(Cl)c2)c1. The van der Waals surface area contributed by atoms with Gasteiger partial charge >= 0.3 is 6.61 Å². The number of nitrogens with one attached hydrogen (secondary N) is 2. The molecule has 0 saturated carbocycles. The maximum atomic E-state index is 12.5. The van der Waals surface area contributed by atoms with Crippen molar-refractivity contribution < 1.29 is 26.7 Å². The number of amides is 1. The summed E-state index contributed by atoms with van der Waals surface area (Å²) in [7, 11) is -2.44. The van der Waals surface area contributed by atoms with Crippen molar-refractivity contribution in [3.05, 3.63) is 52.5 Å². The predicted octanol–water partition coefficient (Wildman–Crippen LogP) is 3.41. The zero-order chi connectivity index (χ0) is 19.5. The van der Waals surface area contributed by atoms with Gasteiger partial charge in [-0.1, -0.05) is 17.7 Å². The smallest absolute Gasteiger partial charge is 0.387 e. The van der Waals surface area contributed by atoms with Crippen LogP contribution in [0.2, 0.25) is 5.02 Å². The fraction of sp³-hybridized carbons (Fsp3) is 0.188. The number of benzene rings is 2.